The molecule has 12 atom stereocenters. The summed E-state index contributed by atoms with van der Waals surface area (Å²) in [6.45, 7) is 41.0. The summed E-state index contributed by atoms with van der Waals surface area (Å²) in [5.74, 6) is -14.3. The molecular weight excluding hydrogens is 1870 g/mol. The number of nitrogens with two attached hydrogens (primary N) is 2. The largest absolute Gasteiger partial charge is 0.481 e. The van der Waals surface area contributed by atoms with E-state index in [9.17, 15) is 63.0 Å². The van der Waals surface area contributed by atoms with Gasteiger partial charge in [-0.15, -0.1) is 0 Å². The smallest absolute Gasteiger partial charge is 0.419 e. The van der Waals surface area contributed by atoms with Crippen molar-refractivity contribution >= 4 is 129 Å². The van der Waals surface area contributed by atoms with Gasteiger partial charge >= 0.3 is 48.5 Å². The lowest BCUT2D eigenvalue weighted by atomic mass is 9.98. The van der Waals surface area contributed by atoms with Crippen LogP contribution in [-0.4, -0.2) is 271 Å². The standard InChI is InChI=1S/C99H158N18O27/c1-55(2)49-68(81(125)110-67(86(130)131)38-39-74(118)119)111-82(126)69(50-56(3)4)112-83(127)70(51-58-53-116(91(136)143-98(21,22)23)72-36-29-27-33-60(58)72)113-80(124)66(43-48-105-90(135)142-97(18,19)20)108-78(122)65(42-47-104-89(134)141-96(15,16)17)107-77(121)63(35-31-32-44-100)109-85(129)75(57(5)138-93(6,7)8)115-84(128)71(52-59-54-117(92(137)144-99(24,25)26)73-37-30-28-34-61(59)73)114-79(123)64(41-46-103-88(133)140-95(12,13)14)106-76(120)62(101)40-45-102-87(132)139-94(9,10)11/h27-30,33-34,36-37,53-57,62-71,75H,31-32,35,38-52,100-101H2,1-26H3,(H,102,132)(H,103,133)(H,104,134)(H,105,135)(H,106,120)(H,107,121)(H,108,122)(H,109,129)(H,110,125)(H,111,126)(H,112,127)(H,113,124)(H,114,123)(H,115,128)(H,118,119)(H,130,131)/t57-,62-,63-,64-,65-,66-,67-,68+,69+,70-,71-,75+/m0/s1. The lowest BCUT2D eigenvalue weighted by Crippen LogP contribution is -2.63. The van der Waals surface area contributed by atoms with Crippen molar-refractivity contribution in [3.8, 4) is 0 Å². The second kappa shape index (κ2) is 55.2. The molecule has 45 nitrogen and oxygen atoms in total. The van der Waals surface area contributed by atoms with Gasteiger partial charge < -0.3 is 129 Å². The van der Waals surface area contributed by atoms with Crippen molar-refractivity contribution in [3.63, 3.8) is 0 Å². The quantitative estimate of drug-likeness (QED) is 0.0154. The van der Waals surface area contributed by atoms with E-state index in [0.29, 0.717) is 16.3 Å². The second-order valence-corrected chi connectivity index (χ2v) is 43.2. The normalized spacial score (nSPS) is 14.6. The van der Waals surface area contributed by atoms with E-state index in [1.807, 2.05) is 0 Å². The maximum absolute atomic E-state index is 15.9. The number of fused-ring (bicyclic) bond motifs is 2. The van der Waals surface area contributed by atoms with Crippen LogP contribution in [0.1, 0.15) is 262 Å². The SMILES string of the molecule is CC(C)C[C@@H](NC(=O)[C@H](Cc1cn(C(=O)OC(C)(C)C)c2ccccc12)NC(=O)[C@H](CCNC(=O)OC(C)(C)C)NC(=O)[C@H](CCNC(=O)OC(C)(C)C)NC(=O)[C@H](CCCCN)NC(=O)[C@H](NC(=O)[C@H](Cc1cn(C(=O)OC(C)(C)C)c2ccccc12)NC(=O)[C@H](CCNC(=O)OC(C)(C)C)NC(=O)[C@@H](N)CCNC(=O)OC(C)(C)C)[C@H](C)OC(C)(C)C)C(=O)N[C@H](CC(C)C)C(=O)N[C@@H](CCC(=O)O)C(=O)O. The number of carbonyl (C=O) groups excluding carboxylic acids is 16. The van der Waals surface area contributed by atoms with Gasteiger partial charge in [-0.2, -0.15) is 0 Å². The third-order valence-electron chi connectivity index (χ3n) is 20.7. The van der Waals surface area contributed by atoms with Crippen molar-refractivity contribution in [1.29, 1.82) is 0 Å². The third kappa shape index (κ3) is 46.2. The van der Waals surface area contributed by atoms with E-state index in [1.54, 1.807) is 222 Å². The number of carboxylic acid groups (broad SMARTS) is 2. The number of alkyl carbamates (subject to hydrolysis) is 4. The number of amides is 14. The number of rotatable bonds is 50. The molecule has 144 heavy (non-hydrogen) atoms. The van der Waals surface area contributed by atoms with Crippen molar-refractivity contribution in [1.82, 2.24) is 83.6 Å². The number of carboxylic acids is 2. The first-order chi connectivity index (χ1) is 66.4. The highest BCUT2D eigenvalue weighted by Gasteiger charge is 2.42. The summed E-state index contributed by atoms with van der Waals surface area (Å²) in [5, 5.41) is 56.8. The monoisotopic (exact) mass is 2030 g/mol. The average Bonchev–Trinajstić information content (AvgIpc) is 1.64. The number of hydrogen-bond acceptors (Lipinski definition) is 27. The lowest BCUT2D eigenvalue weighted by Gasteiger charge is -2.33. The van der Waals surface area contributed by atoms with Crippen molar-refractivity contribution in [2.24, 2.45) is 23.3 Å². The van der Waals surface area contributed by atoms with Gasteiger partial charge in [-0.3, -0.25) is 61.9 Å². The van der Waals surface area contributed by atoms with Crippen LogP contribution >= 0.6 is 0 Å². The van der Waals surface area contributed by atoms with Crippen molar-refractivity contribution in [2.75, 3.05) is 32.7 Å². The summed E-state index contributed by atoms with van der Waals surface area (Å²) in [6, 6.07) is -5.66. The molecule has 0 aliphatic rings. The van der Waals surface area contributed by atoms with Gasteiger partial charge in [-0.05, 0) is 258 Å². The Hall–Kier alpha value is -12.9. The van der Waals surface area contributed by atoms with Gasteiger partial charge in [0.05, 0.1) is 28.8 Å². The Morgan fingerprint density at radius 2 is 0.625 bits per heavy atom. The first kappa shape index (κ1) is 123. The number of carbonyl (C=O) groups is 18. The summed E-state index contributed by atoms with van der Waals surface area (Å²) >= 11 is 0. The zero-order valence-electron chi connectivity index (χ0n) is 88.2. The number of nitrogens with one attached hydrogen (secondary N) is 14. The van der Waals surface area contributed by atoms with Gasteiger partial charge in [0.15, 0.2) is 0 Å². The molecule has 2 heterocycles. The highest BCUT2D eigenvalue weighted by atomic mass is 16.6. The van der Waals surface area contributed by atoms with Crippen LogP contribution in [0.3, 0.4) is 0 Å². The van der Waals surface area contributed by atoms with Gasteiger partial charge in [0.25, 0.3) is 0 Å². The van der Waals surface area contributed by atoms with Gasteiger partial charge in [-0.1, -0.05) is 64.1 Å². The number of aliphatic carboxylic acids is 2. The molecule has 20 N–H and O–H groups in total. The predicted octanol–water partition coefficient (Wildman–Crippen LogP) is 7.16. The Morgan fingerprint density at radius 1 is 0.333 bits per heavy atom. The molecule has 0 unspecified atom stereocenters. The molecule has 0 aliphatic carbocycles. The molecule has 2 aromatic heterocycles. The second-order valence-electron chi connectivity index (χ2n) is 43.2. The number of para-hydroxylation sites is 2. The summed E-state index contributed by atoms with van der Waals surface area (Å²) in [5.41, 5.74) is 6.35. The number of nitrogens with zero attached hydrogens (tertiary/aromatic N) is 2. The van der Waals surface area contributed by atoms with E-state index in [2.05, 4.69) is 74.4 Å². The third-order valence-corrected chi connectivity index (χ3v) is 20.7. The van der Waals surface area contributed by atoms with Crippen molar-refractivity contribution in [2.45, 2.75) is 375 Å². The first-order valence-corrected chi connectivity index (χ1v) is 48.6. The molecule has 14 amide bonds. The molecule has 0 saturated carbocycles. The molecule has 4 aromatic rings. The molecule has 806 valence electrons. The number of benzene rings is 2. The van der Waals surface area contributed by atoms with Crippen LogP contribution in [-0.2, 0) is 104 Å². The number of unbranched alkanes of at least 4 members (excludes halogenated alkanes) is 1. The van der Waals surface area contributed by atoms with Crippen LogP contribution in [0.2, 0.25) is 0 Å². The minimum absolute atomic E-state index is 0.0576. The van der Waals surface area contributed by atoms with Crippen LogP contribution in [0.15, 0.2) is 60.9 Å². The van der Waals surface area contributed by atoms with E-state index >= 15 is 33.6 Å². The van der Waals surface area contributed by atoms with Gasteiger partial charge in [0.2, 0.25) is 59.1 Å². The number of ether oxygens (including phenoxy) is 7. The molecule has 0 spiro atoms. The zero-order chi connectivity index (χ0) is 109. The fourth-order valence-corrected chi connectivity index (χ4v) is 14.5. The maximum atomic E-state index is 15.9. The predicted molar refractivity (Wildman–Crippen MR) is 534 cm³/mol. The fourth-order valence-electron chi connectivity index (χ4n) is 14.5. The van der Waals surface area contributed by atoms with Crippen LogP contribution in [0.5, 0.6) is 0 Å². The summed E-state index contributed by atoms with van der Waals surface area (Å²) in [6.07, 6.45) is -7.92. The van der Waals surface area contributed by atoms with Crippen LogP contribution in [0.25, 0.3) is 21.8 Å². The Balaban J connectivity index is 2.00. The average molecular weight is 2030 g/mol. The van der Waals surface area contributed by atoms with Gasteiger partial charge in [-0.25, -0.2) is 33.6 Å². The maximum Gasteiger partial charge on any atom is 0.419 e. The molecule has 45 heteroatoms. The Labute approximate surface area is 842 Å². The molecule has 0 bridgehead atoms. The van der Waals surface area contributed by atoms with Crippen LogP contribution in [0, 0.1) is 11.8 Å². The van der Waals surface area contributed by atoms with Crippen LogP contribution in [0.4, 0.5) is 28.8 Å². The number of aromatic nitrogens is 2. The summed E-state index contributed by atoms with van der Waals surface area (Å²) in [4.78, 5) is 257. The molecule has 4 rings (SSSR count). The summed E-state index contributed by atoms with van der Waals surface area (Å²) < 4.78 is 42.2. The highest BCUT2D eigenvalue weighted by Crippen LogP contribution is 2.29. The number of hydrogen-bond donors (Lipinski definition) is 18. The molecule has 2 aromatic carbocycles. The molecule has 0 radical (unpaired) electrons. The zero-order valence-corrected chi connectivity index (χ0v) is 88.2. The molecular formula is C99H158N18O27. The van der Waals surface area contributed by atoms with E-state index in [4.69, 9.17) is 44.6 Å². The Morgan fingerprint density at radius 3 is 0.951 bits per heavy atom. The Bertz CT molecular complexity index is 5080. The van der Waals surface area contributed by atoms with E-state index in [1.165, 1.54) is 28.5 Å². The van der Waals surface area contributed by atoms with E-state index < -0.39 is 277 Å². The fraction of sp³-hybridized carbons (Fsp3) is 0.657. The minimum atomic E-state index is -1.87. The molecule has 0 saturated heterocycles. The van der Waals surface area contributed by atoms with Gasteiger partial charge in [0.1, 0.15) is 94.0 Å². The van der Waals surface area contributed by atoms with E-state index in [-0.39, 0.29) is 87.1 Å². The Kier molecular flexibility index (Phi) is 47.3. The minimum Gasteiger partial charge on any atom is -0.481 e. The lowest BCUT2D eigenvalue weighted by molar-refractivity contribution is -0.143. The van der Waals surface area contributed by atoms with E-state index in [0.717, 1.165) is 0 Å². The topological polar surface area (TPSA) is 643 Å². The molecule has 0 fully saturated rings. The van der Waals surface area contributed by atoms with Crippen molar-refractivity contribution in [3.05, 3.63) is 72.1 Å². The molecule has 0 aliphatic heterocycles. The first-order valence-electron chi connectivity index (χ1n) is 48.6. The van der Waals surface area contributed by atoms with Gasteiger partial charge in [0, 0.05) is 68.6 Å². The van der Waals surface area contributed by atoms with Crippen LogP contribution < -0.4 is 85.9 Å². The summed E-state index contributed by atoms with van der Waals surface area (Å²) in [7, 11) is 0. The van der Waals surface area contributed by atoms with Crippen molar-refractivity contribution < 1.29 is 130 Å². The highest BCUT2D eigenvalue weighted by molar-refractivity contribution is 6.01.